The first-order valence-electron chi connectivity index (χ1n) is 6.93. The van der Waals surface area contributed by atoms with E-state index in [1.54, 1.807) is 0 Å². The minimum Gasteiger partial charge on any atom is -0.307 e. The first-order chi connectivity index (χ1) is 9.28. The van der Waals surface area contributed by atoms with Crippen molar-refractivity contribution >= 4 is 17.4 Å². The molecule has 0 aliphatic heterocycles. The molecule has 0 N–H and O–H groups in total. The number of hydrogen-bond acceptors (Lipinski definition) is 3. The largest absolute Gasteiger partial charge is 0.307 e. The van der Waals surface area contributed by atoms with Crippen LogP contribution < -0.4 is 0 Å². The summed E-state index contributed by atoms with van der Waals surface area (Å²) in [6.45, 7) is 0.948. The maximum absolute atomic E-state index is 4.69. The number of aromatic nitrogens is 2. The summed E-state index contributed by atoms with van der Waals surface area (Å²) in [6.07, 6.45) is 10.5. The zero-order valence-electron chi connectivity index (χ0n) is 11.6. The van der Waals surface area contributed by atoms with Crippen LogP contribution in [0.5, 0.6) is 0 Å². The molecule has 0 radical (unpaired) electrons. The summed E-state index contributed by atoms with van der Waals surface area (Å²) in [5, 5.41) is 0.794. The van der Waals surface area contributed by atoms with E-state index >= 15 is 0 Å². The van der Waals surface area contributed by atoms with Crippen molar-refractivity contribution < 1.29 is 0 Å². The van der Waals surface area contributed by atoms with Crippen LogP contribution in [-0.4, -0.2) is 38.9 Å². The van der Waals surface area contributed by atoms with Gasteiger partial charge in [0.1, 0.15) is 5.65 Å². The molecular weight excluding hydrogens is 254 g/mol. The number of pyridine rings is 1. The van der Waals surface area contributed by atoms with Crippen molar-refractivity contribution in [2.24, 2.45) is 0 Å². The molecule has 1 fully saturated rings. The first kappa shape index (κ1) is 13.0. The van der Waals surface area contributed by atoms with Crippen LogP contribution in [0.3, 0.4) is 0 Å². The van der Waals surface area contributed by atoms with Crippen molar-refractivity contribution in [2.45, 2.75) is 37.1 Å². The third kappa shape index (κ3) is 2.65. The number of fused-ring (bicyclic) bond motifs is 1. The Labute approximate surface area is 119 Å². The summed E-state index contributed by atoms with van der Waals surface area (Å²) in [4.78, 5) is 7.17. The molecule has 0 saturated heterocycles. The molecule has 0 amide bonds. The normalized spacial score (nSPS) is 23.5. The summed E-state index contributed by atoms with van der Waals surface area (Å²) in [5.74, 6) is 0. The van der Waals surface area contributed by atoms with Gasteiger partial charge < -0.3 is 4.40 Å². The lowest BCUT2D eigenvalue weighted by Gasteiger charge is -2.28. The smallest absolute Gasteiger partial charge is 0.137 e. The van der Waals surface area contributed by atoms with E-state index in [0.29, 0.717) is 6.04 Å². The predicted octanol–water partition coefficient (Wildman–Crippen LogP) is 3.05. The predicted molar refractivity (Wildman–Crippen MR) is 81.6 cm³/mol. The lowest BCUT2D eigenvalue weighted by molar-refractivity contribution is 0.239. The Balaban J connectivity index is 1.73. The highest BCUT2D eigenvalue weighted by molar-refractivity contribution is 7.99. The molecule has 1 saturated carbocycles. The molecule has 102 valence electrons. The van der Waals surface area contributed by atoms with Gasteiger partial charge in [0.2, 0.25) is 0 Å². The van der Waals surface area contributed by atoms with E-state index in [-0.39, 0.29) is 0 Å². The monoisotopic (exact) mass is 275 g/mol. The van der Waals surface area contributed by atoms with Gasteiger partial charge in [-0.2, -0.15) is 11.8 Å². The van der Waals surface area contributed by atoms with Crippen LogP contribution in [-0.2, 0) is 6.54 Å². The van der Waals surface area contributed by atoms with Crippen LogP contribution in [0.1, 0.15) is 25.0 Å². The standard InChI is InChI=1S/C15H21N3S/c1-17(13-6-5-7-14(13)19-2)10-12-11-18-9-4-3-8-15(18)16-12/h3-4,8-9,11,13-14H,5-7,10H2,1-2H3/t13-,14-/m1/s1. The summed E-state index contributed by atoms with van der Waals surface area (Å²) in [7, 11) is 2.24. The SMILES string of the molecule is CS[C@@H]1CCC[C@H]1N(C)Cc1cn2ccccc2n1. The van der Waals surface area contributed by atoms with Crippen LogP contribution in [0.4, 0.5) is 0 Å². The number of nitrogens with zero attached hydrogens (tertiary/aromatic N) is 3. The molecule has 3 rings (SSSR count). The van der Waals surface area contributed by atoms with Gasteiger partial charge in [0.25, 0.3) is 0 Å². The van der Waals surface area contributed by atoms with Crippen molar-refractivity contribution in [3.05, 3.63) is 36.3 Å². The van der Waals surface area contributed by atoms with Gasteiger partial charge in [0, 0.05) is 30.2 Å². The average molecular weight is 275 g/mol. The lowest BCUT2D eigenvalue weighted by atomic mass is 10.2. The summed E-state index contributed by atoms with van der Waals surface area (Å²) in [6, 6.07) is 6.85. The topological polar surface area (TPSA) is 20.5 Å². The lowest BCUT2D eigenvalue weighted by Crippen LogP contribution is -2.35. The Morgan fingerprint density at radius 2 is 2.32 bits per heavy atom. The fourth-order valence-electron chi connectivity index (χ4n) is 3.12. The fraction of sp³-hybridized carbons (Fsp3) is 0.533. The Bertz CT molecular complexity index is 518. The van der Waals surface area contributed by atoms with Crippen LogP contribution >= 0.6 is 11.8 Å². The van der Waals surface area contributed by atoms with Gasteiger partial charge in [-0.15, -0.1) is 0 Å². The molecule has 2 heterocycles. The second kappa shape index (κ2) is 5.55. The molecule has 4 heteroatoms. The minimum atomic E-state index is 0.708. The molecule has 1 aliphatic rings. The molecule has 0 unspecified atom stereocenters. The molecular formula is C15H21N3S. The molecule has 19 heavy (non-hydrogen) atoms. The molecule has 3 nitrogen and oxygen atoms in total. The third-order valence-corrected chi connectivity index (χ3v) is 5.27. The van der Waals surface area contributed by atoms with E-state index in [4.69, 9.17) is 0 Å². The van der Waals surface area contributed by atoms with Crippen molar-refractivity contribution in [1.29, 1.82) is 0 Å². The quantitative estimate of drug-likeness (QED) is 0.855. The van der Waals surface area contributed by atoms with Crippen LogP contribution in [0, 0.1) is 0 Å². The van der Waals surface area contributed by atoms with E-state index in [1.165, 1.54) is 25.0 Å². The second-order valence-corrected chi connectivity index (χ2v) is 6.46. The third-order valence-electron chi connectivity index (χ3n) is 4.11. The highest BCUT2D eigenvalue weighted by Gasteiger charge is 2.29. The van der Waals surface area contributed by atoms with Gasteiger partial charge in [-0.25, -0.2) is 4.98 Å². The first-order valence-corrected chi connectivity index (χ1v) is 8.22. The maximum Gasteiger partial charge on any atom is 0.137 e. The van der Waals surface area contributed by atoms with Crippen molar-refractivity contribution in [3.63, 3.8) is 0 Å². The van der Waals surface area contributed by atoms with E-state index in [0.717, 1.165) is 17.4 Å². The molecule has 0 aromatic carbocycles. The van der Waals surface area contributed by atoms with Gasteiger partial charge in [-0.3, -0.25) is 4.90 Å². The number of imidazole rings is 1. The van der Waals surface area contributed by atoms with Gasteiger partial charge in [-0.1, -0.05) is 12.5 Å². The Hall–Kier alpha value is -1.00. The van der Waals surface area contributed by atoms with Crippen molar-refractivity contribution in [3.8, 4) is 0 Å². The Morgan fingerprint density at radius 1 is 1.42 bits per heavy atom. The van der Waals surface area contributed by atoms with Crippen LogP contribution in [0.2, 0.25) is 0 Å². The highest BCUT2D eigenvalue weighted by Crippen LogP contribution is 2.32. The Kier molecular flexibility index (Phi) is 3.80. The molecule has 0 bridgehead atoms. The van der Waals surface area contributed by atoms with Crippen LogP contribution in [0.25, 0.3) is 5.65 Å². The van der Waals surface area contributed by atoms with Gasteiger partial charge in [0.05, 0.1) is 5.69 Å². The summed E-state index contributed by atoms with van der Waals surface area (Å²) < 4.78 is 2.10. The van der Waals surface area contributed by atoms with Crippen molar-refractivity contribution in [2.75, 3.05) is 13.3 Å². The Morgan fingerprint density at radius 3 is 3.11 bits per heavy atom. The van der Waals surface area contributed by atoms with Gasteiger partial charge in [-0.05, 0) is 38.3 Å². The van der Waals surface area contributed by atoms with Gasteiger partial charge >= 0.3 is 0 Å². The number of hydrogen-bond donors (Lipinski definition) is 0. The van der Waals surface area contributed by atoms with E-state index in [2.05, 4.69) is 46.0 Å². The molecule has 0 spiro atoms. The number of thioether (sulfide) groups is 1. The second-order valence-electron chi connectivity index (χ2n) is 5.39. The molecule has 2 aromatic rings. The van der Waals surface area contributed by atoms with E-state index in [9.17, 15) is 0 Å². The highest BCUT2D eigenvalue weighted by atomic mass is 32.2. The van der Waals surface area contributed by atoms with Crippen LogP contribution in [0.15, 0.2) is 30.6 Å². The molecule has 2 aromatic heterocycles. The fourth-order valence-corrected chi connectivity index (χ4v) is 4.18. The van der Waals surface area contributed by atoms with E-state index in [1.807, 2.05) is 23.9 Å². The summed E-state index contributed by atoms with van der Waals surface area (Å²) >= 11 is 2.02. The minimum absolute atomic E-state index is 0.708. The maximum atomic E-state index is 4.69. The average Bonchev–Trinajstić information content (AvgIpc) is 3.03. The zero-order valence-corrected chi connectivity index (χ0v) is 12.4. The van der Waals surface area contributed by atoms with E-state index < -0.39 is 0 Å². The summed E-state index contributed by atoms with van der Waals surface area (Å²) in [5.41, 5.74) is 2.21. The van der Waals surface area contributed by atoms with Gasteiger partial charge in [0.15, 0.2) is 0 Å². The molecule has 1 aliphatic carbocycles. The number of rotatable bonds is 4. The molecule has 2 atom stereocenters. The zero-order chi connectivity index (χ0) is 13.2. The van der Waals surface area contributed by atoms with Crippen molar-refractivity contribution in [1.82, 2.24) is 14.3 Å².